The van der Waals surface area contributed by atoms with E-state index >= 15 is 0 Å². The Kier molecular flexibility index (Phi) is 6.52. The third-order valence-corrected chi connectivity index (χ3v) is 4.86. The zero-order valence-electron chi connectivity index (χ0n) is 17.6. The van der Waals surface area contributed by atoms with Gasteiger partial charge in [-0.2, -0.15) is 10.1 Å². The number of carbonyl (C=O) groups excluding carboxylic acids is 1. The molecule has 0 saturated carbocycles. The van der Waals surface area contributed by atoms with Crippen molar-refractivity contribution in [3.63, 3.8) is 0 Å². The van der Waals surface area contributed by atoms with E-state index in [9.17, 15) is 26.7 Å². The summed E-state index contributed by atoms with van der Waals surface area (Å²) in [7, 11) is 1.44. The van der Waals surface area contributed by atoms with E-state index in [1.54, 1.807) is 18.2 Å². The summed E-state index contributed by atoms with van der Waals surface area (Å²) in [4.78, 5) is 12.8. The van der Waals surface area contributed by atoms with Crippen LogP contribution in [0.1, 0.15) is 32.8 Å². The predicted octanol–water partition coefficient (Wildman–Crippen LogP) is 5.37. The molecule has 0 aromatic heterocycles. The molecular weight excluding hydrogens is 435 g/mol. The average molecular weight is 454 g/mol. The van der Waals surface area contributed by atoms with Gasteiger partial charge in [0.15, 0.2) is 34.8 Å². The van der Waals surface area contributed by atoms with Gasteiger partial charge in [-0.1, -0.05) is 13.0 Å². The molecule has 0 aliphatic carbocycles. The molecule has 5 nitrogen and oxygen atoms in total. The number of rotatable bonds is 6. The van der Waals surface area contributed by atoms with E-state index in [1.165, 1.54) is 20.1 Å². The van der Waals surface area contributed by atoms with Gasteiger partial charge in [0, 0.05) is 0 Å². The molecule has 1 aliphatic heterocycles. The highest BCUT2D eigenvalue weighted by Gasteiger charge is 2.37. The highest BCUT2D eigenvalue weighted by Crippen LogP contribution is 2.35. The molecule has 1 atom stereocenters. The molecule has 1 amide bonds. The fourth-order valence-corrected chi connectivity index (χ4v) is 2.95. The van der Waals surface area contributed by atoms with Crippen molar-refractivity contribution in [2.75, 3.05) is 12.1 Å². The van der Waals surface area contributed by atoms with Crippen LogP contribution in [0.2, 0.25) is 0 Å². The number of amides is 1. The van der Waals surface area contributed by atoms with E-state index in [1.807, 2.05) is 13.8 Å². The second kappa shape index (κ2) is 8.97. The lowest BCUT2D eigenvalue weighted by molar-refractivity contribution is -0.114. The lowest BCUT2D eigenvalue weighted by Crippen LogP contribution is -2.25. The number of nitrogens with zero attached hydrogens (tertiary/aromatic N) is 2. The molecular formula is C22H19F5N2O3. The van der Waals surface area contributed by atoms with Crippen LogP contribution in [0.3, 0.4) is 0 Å². The summed E-state index contributed by atoms with van der Waals surface area (Å²) < 4.78 is 79.8. The van der Waals surface area contributed by atoms with Crippen molar-refractivity contribution in [3.05, 3.63) is 58.4 Å². The molecule has 10 heteroatoms. The highest BCUT2D eigenvalue weighted by molar-refractivity contribution is 6.32. The maximum Gasteiger partial charge on any atom is 0.280 e. The third-order valence-electron chi connectivity index (χ3n) is 4.86. The van der Waals surface area contributed by atoms with Gasteiger partial charge in [0.05, 0.1) is 24.5 Å². The summed E-state index contributed by atoms with van der Waals surface area (Å²) >= 11 is 0. The van der Waals surface area contributed by atoms with Gasteiger partial charge in [-0.25, -0.2) is 22.0 Å². The maximum absolute atomic E-state index is 14.2. The van der Waals surface area contributed by atoms with Crippen LogP contribution < -0.4 is 14.5 Å². The Hall–Kier alpha value is -3.43. The lowest BCUT2D eigenvalue weighted by atomic mass is 10.1. The first-order valence-corrected chi connectivity index (χ1v) is 9.58. The number of hydrazone groups is 1. The van der Waals surface area contributed by atoms with E-state index in [2.05, 4.69) is 5.10 Å². The number of methoxy groups -OCH3 is 1. The molecule has 0 fully saturated rings. The number of benzene rings is 2. The molecule has 0 spiro atoms. The first-order valence-electron chi connectivity index (χ1n) is 9.58. The van der Waals surface area contributed by atoms with Gasteiger partial charge < -0.3 is 9.47 Å². The van der Waals surface area contributed by atoms with E-state index in [-0.39, 0.29) is 22.4 Å². The SMILES string of the molecule is CC[C@@H](C)Oc1ccc(/C=C2/C(=O)N(c3c(F)c(F)c(F)c(F)c3F)N=C2C)cc1OC. The van der Waals surface area contributed by atoms with Crippen LogP contribution in [0.25, 0.3) is 6.08 Å². The molecule has 2 aromatic rings. The summed E-state index contributed by atoms with van der Waals surface area (Å²) in [6.07, 6.45) is 2.07. The van der Waals surface area contributed by atoms with Crippen molar-refractivity contribution in [2.24, 2.45) is 5.10 Å². The topological polar surface area (TPSA) is 51.1 Å². The largest absolute Gasteiger partial charge is 0.493 e. The normalized spacial score (nSPS) is 15.9. The first kappa shape index (κ1) is 23.2. The van der Waals surface area contributed by atoms with E-state index in [0.717, 1.165) is 6.42 Å². The quantitative estimate of drug-likeness (QED) is 0.255. The predicted molar refractivity (Wildman–Crippen MR) is 108 cm³/mol. The minimum Gasteiger partial charge on any atom is -0.493 e. The van der Waals surface area contributed by atoms with E-state index in [4.69, 9.17) is 9.47 Å². The van der Waals surface area contributed by atoms with Crippen LogP contribution in [0.5, 0.6) is 11.5 Å². The fourth-order valence-electron chi connectivity index (χ4n) is 2.95. The second-order valence-electron chi connectivity index (χ2n) is 7.03. The molecule has 0 bridgehead atoms. The van der Waals surface area contributed by atoms with E-state index in [0.29, 0.717) is 17.1 Å². The van der Waals surface area contributed by atoms with Crippen molar-refractivity contribution in [1.29, 1.82) is 0 Å². The Bertz CT molecular complexity index is 1120. The van der Waals surface area contributed by atoms with Crippen molar-refractivity contribution < 1.29 is 36.2 Å². The van der Waals surface area contributed by atoms with Gasteiger partial charge in [-0.15, -0.1) is 0 Å². The molecule has 0 N–H and O–H groups in total. The highest BCUT2D eigenvalue weighted by atomic mass is 19.2. The second-order valence-corrected chi connectivity index (χ2v) is 7.03. The van der Waals surface area contributed by atoms with Crippen LogP contribution >= 0.6 is 0 Å². The van der Waals surface area contributed by atoms with Crippen molar-refractivity contribution in [1.82, 2.24) is 0 Å². The summed E-state index contributed by atoms with van der Waals surface area (Å²) in [6.45, 7) is 5.22. The monoisotopic (exact) mass is 454 g/mol. The number of hydrogen-bond donors (Lipinski definition) is 0. The maximum atomic E-state index is 14.2. The zero-order valence-corrected chi connectivity index (χ0v) is 17.6. The molecule has 3 rings (SSSR count). The lowest BCUT2D eigenvalue weighted by Gasteiger charge is -2.16. The summed E-state index contributed by atoms with van der Waals surface area (Å²) in [6, 6.07) is 4.83. The van der Waals surface area contributed by atoms with Gasteiger partial charge in [0.2, 0.25) is 5.82 Å². The first-order chi connectivity index (χ1) is 15.1. The van der Waals surface area contributed by atoms with Crippen LogP contribution in [0, 0.1) is 29.1 Å². The van der Waals surface area contributed by atoms with Gasteiger partial charge >= 0.3 is 0 Å². The van der Waals surface area contributed by atoms with Gasteiger partial charge in [0.1, 0.15) is 5.69 Å². The van der Waals surface area contributed by atoms with Crippen LogP contribution in [0.4, 0.5) is 27.6 Å². The number of anilines is 1. The van der Waals surface area contributed by atoms with Gasteiger partial charge in [-0.3, -0.25) is 4.79 Å². The Labute approximate surface area is 180 Å². The van der Waals surface area contributed by atoms with Gasteiger partial charge in [-0.05, 0) is 44.0 Å². The Morgan fingerprint density at radius 1 is 1.03 bits per heavy atom. The van der Waals surface area contributed by atoms with Crippen LogP contribution in [-0.4, -0.2) is 24.8 Å². The van der Waals surface area contributed by atoms with Crippen molar-refractivity contribution in [3.8, 4) is 11.5 Å². The Morgan fingerprint density at radius 3 is 2.19 bits per heavy atom. The molecule has 32 heavy (non-hydrogen) atoms. The Morgan fingerprint density at radius 2 is 1.62 bits per heavy atom. The Balaban J connectivity index is 2.00. The molecule has 2 aromatic carbocycles. The summed E-state index contributed by atoms with van der Waals surface area (Å²) in [5.74, 6) is -11.1. The minimum atomic E-state index is -2.32. The molecule has 0 unspecified atom stereocenters. The standard InChI is InChI=1S/C22H19F5N2O3/c1-5-10(2)32-14-7-6-12(9-15(14)31-4)8-13-11(3)28-29(22(13)30)21-19(26)17(24)16(23)18(25)20(21)27/h6-10H,5H2,1-4H3/b13-8+/t10-/m1/s1. The molecule has 1 aliphatic rings. The van der Waals surface area contributed by atoms with Crippen LogP contribution in [0.15, 0.2) is 28.9 Å². The number of halogens is 5. The zero-order chi connectivity index (χ0) is 23.7. The molecule has 170 valence electrons. The smallest absolute Gasteiger partial charge is 0.280 e. The molecule has 0 saturated heterocycles. The van der Waals surface area contributed by atoms with Crippen molar-refractivity contribution >= 4 is 23.4 Å². The number of ether oxygens (including phenoxy) is 2. The minimum absolute atomic E-state index is 0.0258. The third kappa shape index (κ3) is 4.04. The molecule has 1 heterocycles. The van der Waals surface area contributed by atoms with Crippen molar-refractivity contribution in [2.45, 2.75) is 33.3 Å². The van der Waals surface area contributed by atoms with Crippen LogP contribution in [-0.2, 0) is 4.79 Å². The van der Waals surface area contributed by atoms with Gasteiger partial charge in [0.25, 0.3) is 5.91 Å². The summed E-state index contributed by atoms with van der Waals surface area (Å²) in [5, 5.41) is 3.86. The number of carbonyl (C=O) groups is 1. The number of hydrogen-bond acceptors (Lipinski definition) is 4. The average Bonchev–Trinajstić information content (AvgIpc) is 3.05. The van der Waals surface area contributed by atoms with E-state index < -0.39 is 40.7 Å². The summed E-state index contributed by atoms with van der Waals surface area (Å²) in [5.41, 5.74) is -1.04. The molecule has 0 radical (unpaired) electrons. The fraction of sp³-hybridized carbons (Fsp3) is 0.273.